The summed E-state index contributed by atoms with van der Waals surface area (Å²) in [5.74, 6) is -0.289. The second-order valence-corrected chi connectivity index (χ2v) is 8.58. The van der Waals surface area contributed by atoms with E-state index in [9.17, 15) is 18.5 Å². The van der Waals surface area contributed by atoms with E-state index in [-0.39, 0.29) is 10.8 Å². The molecule has 1 amide bonds. The molecule has 0 saturated carbocycles. The summed E-state index contributed by atoms with van der Waals surface area (Å²) in [6, 6.07) is 9.51. The van der Waals surface area contributed by atoms with Gasteiger partial charge in [0, 0.05) is 11.4 Å². The summed E-state index contributed by atoms with van der Waals surface area (Å²) in [6.07, 6.45) is 0. The van der Waals surface area contributed by atoms with Crippen LogP contribution < -0.4 is 10.5 Å². The number of thioether (sulfide) groups is 1. The summed E-state index contributed by atoms with van der Waals surface area (Å²) in [5.41, 5.74) is 2.49. The second kappa shape index (κ2) is 7.86. The third-order valence-electron chi connectivity index (χ3n) is 3.53. The Morgan fingerprint density at radius 3 is 2.46 bits per heavy atom. The average molecular weight is 390 g/mol. The van der Waals surface area contributed by atoms with Crippen molar-refractivity contribution in [2.75, 3.05) is 5.32 Å². The minimum absolute atomic E-state index is 0.0315. The molecular formula is C17H18N4O3S2. The summed E-state index contributed by atoms with van der Waals surface area (Å²) in [7, 11) is -3.78. The van der Waals surface area contributed by atoms with Gasteiger partial charge in [-0.3, -0.25) is 4.79 Å². The van der Waals surface area contributed by atoms with Crippen molar-refractivity contribution in [2.45, 2.75) is 35.9 Å². The van der Waals surface area contributed by atoms with Crippen LogP contribution >= 0.6 is 11.8 Å². The zero-order chi connectivity index (χ0) is 19.5. The number of nitrogens with two attached hydrogens (primary N) is 1. The van der Waals surface area contributed by atoms with E-state index < -0.39 is 15.3 Å². The van der Waals surface area contributed by atoms with Crippen molar-refractivity contribution >= 4 is 33.4 Å². The molecule has 0 aliphatic rings. The van der Waals surface area contributed by atoms with Crippen molar-refractivity contribution in [3.05, 3.63) is 47.2 Å². The normalized spacial score (nSPS) is 12.3. The molecule has 0 aliphatic heterocycles. The summed E-state index contributed by atoms with van der Waals surface area (Å²) < 4.78 is 22.5. The summed E-state index contributed by atoms with van der Waals surface area (Å²) in [6.45, 7) is 5.37. The van der Waals surface area contributed by atoms with Gasteiger partial charge in [-0.05, 0) is 56.7 Å². The third-order valence-corrected chi connectivity index (χ3v) is 5.55. The molecule has 9 heteroatoms. The Morgan fingerprint density at radius 1 is 1.31 bits per heavy atom. The van der Waals surface area contributed by atoms with Crippen LogP contribution in [0.5, 0.6) is 0 Å². The fraction of sp³-hybridized carbons (Fsp3) is 0.235. The van der Waals surface area contributed by atoms with Gasteiger partial charge in [0.2, 0.25) is 15.9 Å². The first-order chi connectivity index (χ1) is 12.1. The Hall–Kier alpha value is -2.41. The number of aryl methyl sites for hydroxylation is 2. The van der Waals surface area contributed by atoms with E-state index in [0.29, 0.717) is 16.3 Å². The zero-order valence-electron chi connectivity index (χ0n) is 14.5. The van der Waals surface area contributed by atoms with Crippen molar-refractivity contribution in [2.24, 2.45) is 5.14 Å². The van der Waals surface area contributed by atoms with Crippen LogP contribution in [-0.2, 0) is 14.8 Å². The molecule has 136 valence electrons. The summed E-state index contributed by atoms with van der Waals surface area (Å²) in [4.78, 5) is 16.7. The number of carbonyl (C=O) groups is 1. The van der Waals surface area contributed by atoms with E-state index in [1.807, 2.05) is 19.9 Å². The van der Waals surface area contributed by atoms with Gasteiger partial charge in [-0.25, -0.2) is 18.5 Å². The molecular weight excluding hydrogens is 372 g/mol. The first kappa shape index (κ1) is 19.9. The lowest BCUT2D eigenvalue weighted by Crippen LogP contribution is -2.22. The quantitative estimate of drug-likeness (QED) is 0.755. The van der Waals surface area contributed by atoms with Crippen LogP contribution in [0.4, 0.5) is 5.69 Å². The maximum atomic E-state index is 12.4. The largest absolute Gasteiger partial charge is 0.325 e. The monoisotopic (exact) mass is 390 g/mol. The van der Waals surface area contributed by atoms with Crippen molar-refractivity contribution in [1.82, 2.24) is 4.98 Å². The van der Waals surface area contributed by atoms with Gasteiger partial charge in [0.1, 0.15) is 11.1 Å². The number of anilines is 1. The predicted molar refractivity (Wildman–Crippen MR) is 100 cm³/mol. The van der Waals surface area contributed by atoms with Gasteiger partial charge in [0.25, 0.3) is 0 Å². The van der Waals surface area contributed by atoms with Gasteiger partial charge < -0.3 is 5.32 Å². The number of primary sulfonamides is 1. The SMILES string of the molecule is Cc1cc(C)c(C#N)c(SC(C)C(=O)Nc2ccc(S(N)(=O)=O)cc2)n1. The van der Waals surface area contributed by atoms with E-state index in [0.717, 1.165) is 11.3 Å². The standard InChI is InChI=1S/C17H18N4O3S2/c1-10-8-11(2)20-17(15(10)9-18)25-12(3)16(22)21-13-4-6-14(7-5-13)26(19,23)24/h4-8,12H,1-3H3,(H,21,22)(H2,19,23,24). The predicted octanol–water partition coefficient (Wildman–Crippen LogP) is 2.34. The molecule has 0 bridgehead atoms. The fourth-order valence-electron chi connectivity index (χ4n) is 2.22. The van der Waals surface area contributed by atoms with Gasteiger partial charge >= 0.3 is 0 Å². The number of hydrogen-bond donors (Lipinski definition) is 2. The number of rotatable bonds is 5. The minimum atomic E-state index is -3.78. The summed E-state index contributed by atoms with van der Waals surface area (Å²) >= 11 is 1.20. The third kappa shape index (κ3) is 4.82. The van der Waals surface area contributed by atoms with Crippen LogP contribution in [0.3, 0.4) is 0 Å². The van der Waals surface area contributed by atoms with Gasteiger partial charge in [-0.1, -0.05) is 11.8 Å². The highest BCUT2D eigenvalue weighted by Gasteiger charge is 2.19. The van der Waals surface area contributed by atoms with Crippen molar-refractivity contribution in [1.29, 1.82) is 5.26 Å². The maximum Gasteiger partial charge on any atom is 0.238 e. The Balaban J connectivity index is 2.13. The van der Waals surface area contributed by atoms with E-state index >= 15 is 0 Å². The molecule has 1 unspecified atom stereocenters. The lowest BCUT2D eigenvalue weighted by atomic mass is 10.1. The molecule has 0 spiro atoms. The van der Waals surface area contributed by atoms with Crippen molar-refractivity contribution in [3.63, 3.8) is 0 Å². The Morgan fingerprint density at radius 2 is 1.92 bits per heavy atom. The molecule has 26 heavy (non-hydrogen) atoms. The molecule has 1 aromatic carbocycles. The molecule has 7 nitrogen and oxygen atoms in total. The van der Waals surface area contributed by atoms with Gasteiger partial charge in [-0.2, -0.15) is 5.26 Å². The van der Waals surface area contributed by atoms with Crippen molar-refractivity contribution < 1.29 is 13.2 Å². The number of amides is 1. The molecule has 0 fully saturated rings. The zero-order valence-corrected chi connectivity index (χ0v) is 16.1. The van der Waals surface area contributed by atoms with E-state index in [1.165, 1.54) is 36.0 Å². The number of benzene rings is 1. The number of pyridine rings is 1. The van der Waals surface area contributed by atoms with E-state index in [2.05, 4.69) is 16.4 Å². The van der Waals surface area contributed by atoms with Gasteiger partial charge in [0.05, 0.1) is 15.7 Å². The highest BCUT2D eigenvalue weighted by Crippen LogP contribution is 2.28. The number of nitrogens with zero attached hydrogens (tertiary/aromatic N) is 2. The first-order valence-electron chi connectivity index (χ1n) is 7.60. The van der Waals surface area contributed by atoms with Gasteiger partial charge in [-0.15, -0.1) is 0 Å². The molecule has 1 heterocycles. The molecule has 0 saturated heterocycles. The molecule has 2 rings (SSSR count). The van der Waals surface area contributed by atoms with Crippen LogP contribution in [0.15, 0.2) is 40.3 Å². The molecule has 2 aromatic rings. The highest BCUT2D eigenvalue weighted by atomic mass is 32.2. The maximum absolute atomic E-state index is 12.4. The highest BCUT2D eigenvalue weighted by molar-refractivity contribution is 8.00. The second-order valence-electron chi connectivity index (χ2n) is 5.69. The summed E-state index contributed by atoms with van der Waals surface area (Å²) in [5, 5.41) is 17.1. The number of aromatic nitrogens is 1. The van der Waals surface area contributed by atoms with Crippen LogP contribution in [0.25, 0.3) is 0 Å². The van der Waals surface area contributed by atoms with Crippen molar-refractivity contribution in [3.8, 4) is 6.07 Å². The van der Waals surface area contributed by atoms with Crippen LogP contribution in [0.1, 0.15) is 23.7 Å². The van der Waals surface area contributed by atoms with Crippen LogP contribution in [0, 0.1) is 25.2 Å². The Bertz CT molecular complexity index is 980. The fourth-order valence-corrected chi connectivity index (χ4v) is 3.75. The van der Waals surface area contributed by atoms with E-state index in [4.69, 9.17) is 5.14 Å². The molecule has 1 atom stereocenters. The number of carbonyl (C=O) groups excluding carboxylic acids is 1. The van der Waals surface area contributed by atoms with Crippen LogP contribution in [-0.4, -0.2) is 24.6 Å². The Kier molecular flexibility index (Phi) is 6.02. The lowest BCUT2D eigenvalue weighted by molar-refractivity contribution is -0.115. The number of nitrogens with one attached hydrogen (secondary N) is 1. The average Bonchev–Trinajstić information content (AvgIpc) is 2.54. The lowest BCUT2D eigenvalue weighted by Gasteiger charge is -2.14. The number of hydrogen-bond acceptors (Lipinski definition) is 6. The molecule has 3 N–H and O–H groups in total. The topological polar surface area (TPSA) is 126 Å². The van der Waals surface area contributed by atoms with Crippen LogP contribution in [0.2, 0.25) is 0 Å². The molecule has 0 radical (unpaired) electrons. The number of nitriles is 1. The first-order valence-corrected chi connectivity index (χ1v) is 10.0. The Labute approximate surface area is 156 Å². The smallest absolute Gasteiger partial charge is 0.238 e. The molecule has 1 aromatic heterocycles. The van der Waals surface area contributed by atoms with E-state index in [1.54, 1.807) is 6.92 Å². The number of sulfonamides is 1. The molecule has 0 aliphatic carbocycles. The minimum Gasteiger partial charge on any atom is -0.325 e. The van der Waals surface area contributed by atoms with Gasteiger partial charge in [0.15, 0.2) is 0 Å².